The largest absolute Gasteiger partial charge is 0.494 e. The second-order valence-electron chi connectivity index (χ2n) is 3.82. The van der Waals surface area contributed by atoms with E-state index in [9.17, 15) is 13.6 Å². The van der Waals surface area contributed by atoms with Crippen molar-refractivity contribution in [1.82, 2.24) is 0 Å². The van der Waals surface area contributed by atoms with Crippen molar-refractivity contribution in [2.24, 2.45) is 0 Å². The molecule has 3 nitrogen and oxygen atoms in total. The highest BCUT2D eigenvalue weighted by atomic mass is 19.1. The molecule has 0 heterocycles. The molecule has 0 aliphatic heterocycles. The molecule has 0 bridgehead atoms. The molecule has 0 saturated heterocycles. The monoisotopic (exact) mass is 264 g/mol. The molecule has 1 N–H and O–H groups in total. The molecule has 0 unspecified atom stereocenters. The van der Waals surface area contributed by atoms with Gasteiger partial charge in [-0.3, -0.25) is 0 Å². The first-order valence-electron chi connectivity index (χ1n) is 5.40. The lowest BCUT2D eigenvalue weighted by Gasteiger charge is -2.09. The van der Waals surface area contributed by atoms with Crippen LogP contribution >= 0.6 is 0 Å². The maximum absolute atomic E-state index is 13.6. The Morgan fingerprint density at radius 1 is 1.16 bits per heavy atom. The van der Waals surface area contributed by atoms with Gasteiger partial charge in [0.15, 0.2) is 11.6 Å². The Morgan fingerprint density at radius 2 is 1.89 bits per heavy atom. The molecule has 2 aromatic carbocycles. The fourth-order valence-corrected chi connectivity index (χ4v) is 1.81. The lowest BCUT2D eigenvalue weighted by molar-refractivity contribution is 0.0693. The van der Waals surface area contributed by atoms with Crippen LogP contribution in [-0.4, -0.2) is 18.2 Å². The maximum atomic E-state index is 13.6. The summed E-state index contributed by atoms with van der Waals surface area (Å²) >= 11 is 0. The summed E-state index contributed by atoms with van der Waals surface area (Å²) in [6.45, 7) is 0. The SMILES string of the molecule is COc1cc(-c2cccc(F)c2C(=O)O)ccc1F. The summed E-state index contributed by atoms with van der Waals surface area (Å²) in [5, 5.41) is 9.04. The number of carbonyl (C=O) groups is 1. The van der Waals surface area contributed by atoms with Gasteiger partial charge in [-0.25, -0.2) is 13.6 Å². The van der Waals surface area contributed by atoms with Crippen LogP contribution in [0.15, 0.2) is 36.4 Å². The van der Waals surface area contributed by atoms with Gasteiger partial charge in [0.25, 0.3) is 0 Å². The molecule has 98 valence electrons. The highest BCUT2D eigenvalue weighted by molar-refractivity contribution is 5.96. The Morgan fingerprint density at radius 3 is 2.53 bits per heavy atom. The van der Waals surface area contributed by atoms with Gasteiger partial charge in [-0.05, 0) is 29.3 Å². The van der Waals surface area contributed by atoms with Crippen LogP contribution in [0.5, 0.6) is 5.75 Å². The summed E-state index contributed by atoms with van der Waals surface area (Å²) in [6, 6.07) is 7.76. The lowest BCUT2D eigenvalue weighted by atomic mass is 9.99. The first-order chi connectivity index (χ1) is 9.04. The number of halogens is 2. The van der Waals surface area contributed by atoms with Crippen molar-refractivity contribution >= 4 is 5.97 Å². The number of ether oxygens (including phenoxy) is 1. The fourth-order valence-electron chi connectivity index (χ4n) is 1.81. The second kappa shape index (κ2) is 5.06. The van der Waals surface area contributed by atoms with E-state index >= 15 is 0 Å². The number of rotatable bonds is 3. The number of benzene rings is 2. The maximum Gasteiger partial charge on any atom is 0.339 e. The van der Waals surface area contributed by atoms with Gasteiger partial charge in [0.2, 0.25) is 0 Å². The number of aromatic carboxylic acids is 1. The van der Waals surface area contributed by atoms with Crippen molar-refractivity contribution < 1.29 is 23.4 Å². The van der Waals surface area contributed by atoms with Gasteiger partial charge in [0.05, 0.1) is 7.11 Å². The molecule has 0 atom stereocenters. The zero-order valence-electron chi connectivity index (χ0n) is 9.98. The van der Waals surface area contributed by atoms with Crippen LogP contribution in [0.2, 0.25) is 0 Å². The van der Waals surface area contributed by atoms with Gasteiger partial charge < -0.3 is 9.84 Å². The van der Waals surface area contributed by atoms with Gasteiger partial charge in [-0.2, -0.15) is 0 Å². The van der Waals surface area contributed by atoms with Crippen LogP contribution in [0, 0.1) is 11.6 Å². The minimum absolute atomic E-state index is 0.0295. The van der Waals surface area contributed by atoms with Gasteiger partial charge in [-0.1, -0.05) is 18.2 Å². The first kappa shape index (κ1) is 13.0. The molecule has 19 heavy (non-hydrogen) atoms. The zero-order chi connectivity index (χ0) is 14.0. The molecule has 0 aromatic heterocycles. The first-order valence-corrected chi connectivity index (χ1v) is 5.40. The van der Waals surface area contributed by atoms with E-state index in [0.717, 1.165) is 12.1 Å². The smallest absolute Gasteiger partial charge is 0.339 e. The summed E-state index contributed by atoms with van der Waals surface area (Å²) in [4.78, 5) is 11.1. The van der Waals surface area contributed by atoms with Gasteiger partial charge in [0.1, 0.15) is 11.4 Å². The number of hydrogen-bond donors (Lipinski definition) is 1. The third-order valence-corrected chi connectivity index (χ3v) is 2.69. The molecule has 0 radical (unpaired) electrons. The van der Waals surface area contributed by atoms with Gasteiger partial charge in [-0.15, -0.1) is 0 Å². The molecule has 2 aromatic rings. The molecule has 5 heteroatoms. The number of methoxy groups -OCH3 is 1. The van der Waals surface area contributed by atoms with E-state index in [1.54, 1.807) is 0 Å². The Hall–Kier alpha value is -2.43. The van der Waals surface area contributed by atoms with Crippen LogP contribution in [0.1, 0.15) is 10.4 Å². The van der Waals surface area contributed by atoms with E-state index in [1.165, 1.54) is 31.4 Å². The summed E-state index contributed by atoms with van der Waals surface area (Å²) < 4.78 is 31.7. The standard InChI is InChI=1S/C14H10F2O3/c1-19-12-7-8(5-6-10(12)15)9-3-2-4-11(16)13(9)14(17)18/h2-7H,1H3,(H,17,18). The molecular formula is C14H10F2O3. The van der Waals surface area contributed by atoms with Gasteiger partial charge in [0, 0.05) is 0 Å². The van der Waals surface area contributed by atoms with E-state index < -0.39 is 23.2 Å². The Balaban J connectivity index is 2.65. The summed E-state index contributed by atoms with van der Waals surface area (Å²) in [6.07, 6.45) is 0. The van der Waals surface area contributed by atoms with Crippen LogP contribution < -0.4 is 4.74 Å². The van der Waals surface area contributed by atoms with Crippen molar-refractivity contribution in [3.63, 3.8) is 0 Å². The lowest BCUT2D eigenvalue weighted by Crippen LogP contribution is -2.03. The minimum Gasteiger partial charge on any atom is -0.494 e. The zero-order valence-corrected chi connectivity index (χ0v) is 9.98. The number of carboxylic acid groups (broad SMARTS) is 1. The van der Waals surface area contributed by atoms with Crippen LogP contribution in [0.3, 0.4) is 0 Å². The van der Waals surface area contributed by atoms with Crippen molar-refractivity contribution in [2.75, 3.05) is 7.11 Å². The normalized spacial score (nSPS) is 10.3. The van der Waals surface area contributed by atoms with E-state index in [1.807, 2.05) is 0 Å². The van der Waals surface area contributed by atoms with Gasteiger partial charge >= 0.3 is 5.97 Å². The average Bonchev–Trinajstić information content (AvgIpc) is 2.38. The third kappa shape index (κ3) is 2.40. The van der Waals surface area contributed by atoms with Crippen LogP contribution in [-0.2, 0) is 0 Å². The number of hydrogen-bond acceptors (Lipinski definition) is 2. The van der Waals surface area contributed by atoms with E-state index in [2.05, 4.69) is 0 Å². The third-order valence-electron chi connectivity index (χ3n) is 2.69. The number of carboxylic acids is 1. The Labute approximate surface area is 108 Å². The predicted molar refractivity (Wildman–Crippen MR) is 65.3 cm³/mol. The molecule has 2 rings (SSSR count). The molecule has 0 fully saturated rings. The fraction of sp³-hybridized carbons (Fsp3) is 0.0714. The summed E-state index contributed by atoms with van der Waals surface area (Å²) in [5.74, 6) is -2.82. The van der Waals surface area contributed by atoms with Crippen molar-refractivity contribution in [1.29, 1.82) is 0 Å². The quantitative estimate of drug-likeness (QED) is 0.924. The second-order valence-corrected chi connectivity index (χ2v) is 3.82. The molecule has 0 amide bonds. The minimum atomic E-state index is -1.38. The average molecular weight is 264 g/mol. The molecule has 0 aliphatic carbocycles. The Kier molecular flexibility index (Phi) is 3.46. The topological polar surface area (TPSA) is 46.5 Å². The van der Waals surface area contributed by atoms with Crippen LogP contribution in [0.25, 0.3) is 11.1 Å². The predicted octanol–water partition coefficient (Wildman–Crippen LogP) is 3.34. The molecule has 0 saturated carbocycles. The Bertz CT molecular complexity index is 639. The van der Waals surface area contributed by atoms with E-state index in [-0.39, 0.29) is 11.3 Å². The summed E-state index contributed by atoms with van der Waals surface area (Å²) in [7, 11) is 1.30. The molecule has 0 spiro atoms. The molecule has 0 aliphatic rings. The van der Waals surface area contributed by atoms with Crippen molar-refractivity contribution in [3.8, 4) is 16.9 Å². The summed E-state index contributed by atoms with van der Waals surface area (Å²) in [5.41, 5.74) is 0.0945. The van der Waals surface area contributed by atoms with E-state index in [4.69, 9.17) is 9.84 Å². The van der Waals surface area contributed by atoms with Crippen molar-refractivity contribution in [2.45, 2.75) is 0 Å². The van der Waals surface area contributed by atoms with E-state index in [0.29, 0.717) is 5.56 Å². The van der Waals surface area contributed by atoms with Crippen LogP contribution in [0.4, 0.5) is 8.78 Å². The highest BCUT2D eigenvalue weighted by Crippen LogP contribution is 2.30. The molecular weight excluding hydrogens is 254 g/mol. The highest BCUT2D eigenvalue weighted by Gasteiger charge is 2.17. The van der Waals surface area contributed by atoms with Crippen molar-refractivity contribution in [3.05, 3.63) is 53.6 Å².